The largest absolute Gasteiger partial charge is 0.493 e. The Bertz CT molecular complexity index is 887. The van der Waals surface area contributed by atoms with Crippen LogP contribution < -0.4 is 14.9 Å². The van der Waals surface area contributed by atoms with Crippen LogP contribution in [0.2, 0.25) is 0 Å². The first-order valence-corrected chi connectivity index (χ1v) is 7.80. The quantitative estimate of drug-likeness (QED) is 0.407. The average Bonchev–Trinajstić information content (AvgIpc) is 2.61. The Balaban J connectivity index is 2.27. The summed E-state index contributed by atoms with van der Waals surface area (Å²) in [5.41, 5.74) is 2.33. The van der Waals surface area contributed by atoms with Gasteiger partial charge in [-0.3, -0.25) is 25.7 Å². The van der Waals surface area contributed by atoms with Crippen molar-refractivity contribution in [2.24, 2.45) is 5.10 Å². The van der Waals surface area contributed by atoms with E-state index in [9.17, 15) is 20.2 Å². The van der Waals surface area contributed by atoms with Gasteiger partial charge in [0.2, 0.25) is 0 Å². The molecule has 0 spiro atoms. The molecule has 0 aliphatic rings. The molecule has 0 aromatic heterocycles. The number of benzene rings is 2. The molecule has 11 heteroatoms. The van der Waals surface area contributed by atoms with Gasteiger partial charge in [0.05, 0.1) is 40.8 Å². The summed E-state index contributed by atoms with van der Waals surface area (Å²) in [6.07, 6.45) is 1.41. The van der Waals surface area contributed by atoms with Crippen molar-refractivity contribution in [1.82, 2.24) is 0 Å². The summed E-state index contributed by atoms with van der Waals surface area (Å²) in [6.45, 7) is 0. The van der Waals surface area contributed by atoms with Gasteiger partial charge in [-0.15, -0.1) is 0 Å². The molecule has 0 aliphatic heterocycles. The van der Waals surface area contributed by atoms with Crippen LogP contribution in [0, 0.1) is 20.2 Å². The van der Waals surface area contributed by atoms with Crippen molar-refractivity contribution in [2.75, 3.05) is 19.6 Å². The molecular weight excluding hydrogens is 412 g/mol. The molecule has 0 atom stereocenters. The summed E-state index contributed by atoms with van der Waals surface area (Å²) in [4.78, 5) is 20.4. The van der Waals surface area contributed by atoms with Gasteiger partial charge in [0, 0.05) is 6.07 Å². The zero-order chi connectivity index (χ0) is 19.3. The van der Waals surface area contributed by atoms with Crippen molar-refractivity contribution < 1.29 is 19.3 Å². The van der Waals surface area contributed by atoms with E-state index in [1.807, 2.05) is 0 Å². The Hall–Kier alpha value is -3.21. The van der Waals surface area contributed by atoms with Crippen LogP contribution in [-0.4, -0.2) is 30.3 Å². The number of hydrogen-bond acceptors (Lipinski definition) is 8. The number of non-ortho nitro benzene ring substituents is 1. The average molecular weight is 425 g/mol. The van der Waals surface area contributed by atoms with E-state index in [2.05, 4.69) is 26.5 Å². The van der Waals surface area contributed by atoms with Gasteiger partial charge in [-0.1, -0.05) is 0 Å². The fourth-order valence-electron chi connectivity index (χ4n) is 2.07. The van der Waals surface area contributed by atoms with Gasteiger partial charge >= 0.3 is 5.69 Å². The lowest BCUT2D eigenvalue weighted by Gasteiger charge is -2.10. The summed E-state index contributed by atoms with van der Waals surface area (Å²) in [6, 6.07) is 6.62. The van der Waals surface area contributed by atoms with Gasteiger partial charge in [0.1, 0.15) is 5.69 Å². The third-order valence-electron chi connectivity index (χ3n) is 3.24. The maximum Gasteiger partial charge on any atom is 0.301 e. The van der Waals surface area contributed by atoms with Crippen LogP contribution in [0.3, 0.4) is 0 Å². The number of ether oxygens (including phenoxy) is 2. The summed E-state index contributed by atoms with van der Waals surface area (Å²) < 4.78 is 11.1. The molecule has 0 bridgehead atoms. The lowest BCUT2D eigenvalue weighted by atomic mass is 10.2. The van der Waals surface area contributed by atoms with E-state index in [1.165, 1.54) is 26.5 Å². The Labute approximate surface area is 155 Å². The summed E-state index contributed by atoms with van der Waals surface area (Å²) >= 11 is 3.35. The number of hydrogen-bond donors (Lipinski definition) is 1. The Kier molecular flexibility index (Phi) is 6.07. The molecule has 1 N–H and O–H groups in total. The van der Waals surface area contributed by atoms with Crippen molar-refractivity contribution in [3.63, 3.8) is 0 Å². The molecule has 136 valence electrons. The monoisotopic (exact) mass is 424 g/mol. The number of hydrazone groups is 1. The van der Waals surface area contributed by atoms with Crippen LogP contribution in [0.5, 0.6) is 11.5 Å². The molecule has 0 fully saturated rings. The van der Waals surface area contributed by atoms with E-state index in [0.29, 0.717) is 21.5 Å². The zero-order valence-corrected chi connectivity index (χ0v) is 15.2. The molecule has 0 amide bonds. The fraction of sp³-hybridized carbons (Fsp3) is 0.133. The lowest BCUT2D eigenvalue weighted by Crippen LogP contribution is -1.99. The van der Waals surface area contributed by atoms with Crippen LogP contribution in [-0.2, 0) is 0 Å². The first-order valence-electron chi connectivity index (χ1n) is 7.00. The molecular formula is C15H13BrN4O6. The number of anilines is 1. The van der Waals surface area contributed by atoms with Crippen LogP contribution in [0.25, 0.3) is 0 Å². The first-order chi connectivity index (χ1) is 12.4. The number of nitrogens with zero attached hydrogens (tertiary/aromatic N) is 3. The highest BCUT2D eigenvalue weighted by atomic mass is 79.9. The molecule has 10 nitrogen and oxygen atoms in total. The molecule has 0 aliphatic carbocycles. The Morgan fingerprint density at radius 3 is 2.42 bits per heavy atom. The second kappa shape index (κ2) is 8.25. The molecule has 2 rings (SSSR count). The highest BCUT2D eigenvalue weighted by molar-refractivity contribution is 9.10. The molecule has 0 heterocycles. The van der Waals surface area contributed by atoms with Crippen molar-refractivity contribution in [1.29, 1.82) is 0 Å². The van der Waals surface area contributed by atoms with Gasteiger partial charge in [0.25, 0.3) is 5.69 Å². The maximum absolute atomic E-state index is 11.1. The van der Waals surface area contributed by atoms with Gasteiger partial charge < -0.3 is 9.47 Å². The van der Waals surface area contributed by atoms with E-state index < -0.39 is 15.5 Å². The minimum absolute atomic E-state index is 0.0244. The van der Waals surface area contributed by atoms with E-state index >= 15 is 0 Å². The maximum atomic E-state index is 11.1. The van der Waals surface area contributed by atoms with Crippen molar-refractivity contribution >= 4 is 39.2 Å². The molecule has 2 aromatic carbocycles. The smallest absolute Gasteiger partial charge is 0.301 e. The second-order valence-corrected chi connectivity index (χ2v) is 5.68. The third-order valence-corrected chi connectivity index (χ3v) is 3.83. The van der Waals surface area contributed by atoms with E-state index in [1.54, 1.807) is 12.1 Å². The standard InChI is InChI=1S/C15H13BrN4O6/c1-25-14-6-9(5-11(16)15(14)26-2)8-17-18-12-4-3-10(19(21)22)7-13(12)20(23)24/h3-8,18H,1-2H3/b17-8-. The number of nitro groups is 2. The second-order valence-electron chi connectivity index (χ2n) is 4.82. The molecule has 0 radical (unpaired) electrons. The number of rotatable bonds is 7. The topological polar surface area (TPSA) is 129 Å². The van der Waals surface area contributed by atoms with E-state index in [4.69, 9.17) is 9.47 Å². The van der Waals surface area contributed by atoms with Crippen LogP contribution in [0.15, 0.2) is 39.9 Å². The van der Waals surface area contributed by atoms with Gasteiger partial charge in [0.15, 0.2) is 11.5 Å². The van der Waals surface area contributed by atoms with Crippen LogP contribution in [0.1, 0.15) is 5.56 Å². The number of methoxy groups -OCH3 is 2. The molecule has 2 aromatic rings. The zero-order valence-electron chi connectivity index (χ0n) is 13.6. The van der Waals surface area contributed by atoms with Crippen molar-refractivity contribution in [3.05, 3.63) is 60.6 Å². The fourth-order valence-corrected chi connectivity index (χ4v) is 2.69. The number of nitrogens with one attached hydrogen (secondary N) is 1. The highest BCUT2D eigenvalue weighted by Gasteiger charge is 2.19. The van der Waals surface area contributed by atoms with Crippen molar-refractivity contribution in [2.45, 2.75) is 0 Å². The van der Waals surface area contributed by atoms with Crippen LogP contribution >= 0.6 is 15.9 Å². The minimum Gasteiger partial charge on any atom is -0.493 e. The number of halogens is 1. The molecule has 0 saturated heterocycles. The van der Waals surface area contributed by atoms with Gasteiger partial charge in [-0.2, -0.15) is 5.10 Å². The van der Waals surface area contributed by atoms with E-state index in [-0.39, 0.29) is 11.4 Å². The first kappa shape index (κ1) is 19.1. The van der Waals surface area contributed by atoms with E-state index in [0.717, 1.165) is 12.1 Å². The third kappa shape index (κ3) is 4.25. The summed E-state index contributed by atoms with van der Waals surface area (Å²) in [5.74, 6) is 0.994. The van der Waals surface area contributed by atoms with Gasteiger partial charge in [-0.05, 0) is 39.7 Å². The summed E-state index contributed by atoms with van der Waals surface area (Å²) in [5, 5.41) is 25.8. The minimum atomic E-state index is -0.724. The van der Waals surface area contributed by atoms with Gasteiger partial charge in [-0.25, -0.2) is 0 Å². The molecule has 0 unspecified atom stereocenters. The Morgan fingerprint density at radius 2 is 1.85 bits per heavy atom. The highest BCUT2D eigenvalue weighted by Crippen LogP contribution is 2.36. The SMILES string of the molecule is COc1cc(/C=N\Nc2ccc([N+](=O)[O-])cc2[N+](=O)[O-])cc(Br)c1OC. The summed E-state index contributed by atoms with van der Waals surface area (Å²) in [7, 11) is 3.00. The predicted molar refractivity (Wildman–Crippen MR) is 98.2 cm³/mol. The number of nitro benzene ring substituents is 2. The Morgan fingerprint density at radius 1 is 1.12 bits per heavy atom. The van der Waals surface area contributed by atoms with Crippen molar-refractivity contribution in [3.8, 4) is 11.5 Å². The normalized spacial score (nSPS) is 10.6. The van der Waals surface area contributed by atoms with Crippen LogP contribution in [0.4, 0.5) is 17.1 Å². The molecule has 26 heavy (non-hydrogen) atoms. The lowest BCUT2D eigenvalue weighted by molar-refractivity contribution is -0.393. The predicted octanol–water partition coefficient (Wildman–Crippen LogP) is 3.73. The molecule has 0 saturated carbocycles.